The van der Waals surface area contributed by atoms with Crippen molar-refractivity contribution in [1.82, 2.24) is 4.57 Å². The normalized spacial score (nSPS) is 17.8. The van der Waals surface area contributed by atoms with Crippen LogP contribution < -0.4 is 14.8 Å². The minimum atomic E-state index is -3.19. The zero-order chi connectivity index (χ0) is 23.7. The lowest BCUT2D eigenvalue weighted by Crippen LogP contribution is -2.24. The van der Waals surface area contributed by atoms with Gasteiger partial charge in [-0.15, -0.1) is 0 Å². The molecule has 0 radical (unpaired) electrons. The van der Waals surface area contributed by atoms with E-state index in [4.69, 9.17) is 10.5 Å². The molecule has 0 amide bonds. The molecule has 2 heterocycles. The highest BCUT2D eigenvalue weighted by Gasteiger charge is 2.28. The molecule has 0 spiro atoms. The molecule has 176 valence electrons. The zero-order valence-electron chi connectivity index (χ0n) is 18.9. The molecule has 1 aliphatic heterocycles. The number of nitrogens with two attached hydrogens (primary N) is 1. The smallest absolute Gasteiger partial charge is 0.235 e. The lowest BCUT2D eigenvalue weighted by molar-refractivity contribution is 0.424. The number of fused-ring (bicyclic) bond motifs is 1. The van der Waals surface area contributed by atoms with Gasteiger partial charge in [-0.2, -0.15) is 0 Å². The van der Waals surface area contributed by atoms with Gasteiger partial charge in [-0.1, -0.05) is 12.1 Å². The average molecular weight is 477 g/mol. The summed E-state index contributed by atoms with van der Waals surface area (Å²) in [7, 11) is -3.19. The molecule has 1 aliphatic carbocycles. The van der Waals surface area contributed by atoms with E-state index in [9.17, 15) is 8.42 Å². The molecule has 2 aromatic carbocycles. The second kappa shape index (κ2) is 9.02. The maximum atomic E-state index is 12.3. The second-order valence-electron chi connectivity index (χ2n) is 8.75. The van der Waals surface area contributed by atoms with Gasteiger partial charge < -0.3 is 15.0 Å². The number of hydrogen-bond acceptors (Lipinski definition) is 5. The number of ether oxygens (including phenoxy) is 1. The van der Waals surface area contributed by atoms with Gasteiger partial charge in [0.1, 0.15) is 5.75 Å². The van der Waals surface area contributed by atoms with Crippen molar-refractivity contribution in [3.8, 4) is 17.0 Å². The van der Waals surface area contributed by atoms with Crippen LogP contribution in [0.15, 0.2) is 78.3 Å². The van der Waals surface area contributed by atoms with E-state index >= 15 is 0 Å². The van der Waals surface area contributed by atoms with Crippen molar-refractivity contribution in [3.05, 3.63) is 73.3 Å². The third-order valence-corrected chi connectivity index (χ3v) is 8.08. The standard InChI is InChI=1S/C26H28N4O3S/c1-19(28-13-2-12-27)33-24-11-8-22-16-25(29(26(22)17-24)18-20-4-5-20)21-6-9-23(10-7-21)30-14-3-15-34(30,31)32/h2,6-13,16-17,20H,1,3-5,14-15,18,27H2/b12-2-,28-13?. The first-order valence-corrected chi connectivity index (χ1v) is 13.1. The van der Waals surface area contributed by atoms with Crippen molar-refractivity contribution < 1.29 is 13.2 Å². The Morgan fingerprint density at radius 1 is 1.18 bits per heavy atom. The van der Waals surface area contributed by atoms with Crippen LogP contribution in [0, 0.1) is 5.92 Å². The van der Waals surface area contributed by atoms with E-state index in [-0.39, 0.29) is 11.6 Å². The number of aromatic nitrogens is 1. The SMILES string of the molecule is C=C(N=C/C=C\N)Oc1ccc2cc(-c3ccc(N4CCCS4(=O)=O)cc3)n(CC3CC3)c2c1. The first-order valence-electron chi connectivity index (χ1n) is 11.5. The summed E-state index contributed by atoms with van der Waals surface area (Å²) in [5.74, 6) is 1.85. The quantitative estimate of drug-likeness (QED) is 0.378. The van der Waals surface area contributed by atoms with Crippen LogP contribution in [-0.4, -0.2) is 31.5 Å². The molecular formula is C26H28N4O3S. The molecule has 3 aromatic rings. The van der Waals surface area contributed by atoms with Gasteiger partial charge >= 0.3 is 0 Å². The number of hydrogen-bond donors (Lipinski definition) is 1. The van der Waals surface area contributed by atoms with Gasteiger partial charge in [-0.05, 0) is 79.9 Å². The fraction of sp³-hybridized carbons (Fsp3) is 0.269. The van der Waals surface area contributed by atoms with Gasteiger partial charge in [0.2, 0.25) is 15.9 Å². The minimum absolute atomic E-state index is 0.218. The Hall–Kier alpha value is -3.52. The summed E-state index contributed by atoms with van der Waals surface area (Å²) in [6.45, 7) is 5.32. The van der Waals surface area contributed by atoms with Crippen LogP contribution in [0.2, 0.25) is 0 Å². The van der Waals surface area contributed by atoms with Gasteiger partial charge in [0.15, 0.2) is 0 Å². The summed E-state index contributed by atoms with van der Waals surface area (Å²) >= 11 is 0. The molecule has 1 saturated carbocycles. The summed E-state index contributed by atoms with van der Waals surface area (Å²) in [6, 6.07) is 16.0. The van der Waals surface area contributed by atoms with Gasteiger partial charge in [0, 0.05) is 36.5 Å². The summed E-state index contributed by atoms with van der Waals surface area (Å²) in [5.41, 5.74) is 9.30. The lowest BCUT2D eigenvalue weighted by Gasteiger charge is -2.17. The molecule has 0 bridgehead atoms. The second-order valence-corrected chi connectivity index (χ2v) is 10.8. The molecular weight excluding hydrogens is 448 g/mol. The maximum Gasteiger partial charge on any atom is 0.235 e. The van der Waals surface area contributed by atoms with Crippen molar-refractivity contribution in [1.29, 1.82) is 0 Å². The highest BCUT2D eigenvalue weighted by molar-refractivity contribution is 7.93. The molecule has 0 unspecified atom stereocenters. The lowest BCUT2D eigenvalue weighted by atomic mass is 10.1. The molecule has 0 atom stereocenters. The third kappa shape index (κ3) is 4.59. The van der Waals surface area contributed by atoms with Crippen LogP contribution in [0.1, 0.15) is 19.3 Å². The van der Waals surface area contributed by atoms with Crippen molar-refractivity contribution in [2.75, 3.05) is 16.6 Å². The van der Waals surface area contributed by atoms with E-state index in [0.29, 0.717) is 24.6 Å². The number of anilines is 1. The molecule has 5 rings (SSSR count). The third-order valence-electron chi connectivity index (χ3n) is 6.22. The zero-order valence-corrected chi connectivity index (χ0v) is 19.7. The number of nitrogens with zero attached hydrogens (tertiary/aromatic N) is 3. The van der Waals surface area contributed by atoms with Crippen LogP contribution >= 0.6 is 0 Å². The van der Waals surface area contributed by atoms with Crippen molar-refractivity contribution >= 4 is 32.8 Å². The highest BCUT2D eigenvalue weighted by atomic mass is 32.2. The van der Waals surface area contributed by atoms with Crippen LogP contribution in [0.25, 0.3) is 22.2 Å². The Kier molecular flexibility index (Phi) is 5.91. The molecule has 7 nitrogen and oxygen atoms in total. The number of benzene rings is 2. The first kappa shape index (κ1) is 22.3. The molecule has 2 aliphatic rings. The Bertz CT molecular complexity index is 1380. The monoisotopic (exact) mass is 476 g/mol. The highest BCUT2D eigenvalue weighted by Crippen LogP contribution is 2.37. The fourth-order valence-corrected chi connectivity index (χ4v) is 5.92. The topological polar surface area (TPSA) is 89.9 Å². The Morgan fingerprint density at radius 3 is 2.65 bits per heavy atom. The first-order chi connectivity index (χ1) is 16.4. The van der Waals surface area contributed by atoms with Crippen molar-refractivity contribution in [3.63, 3.8) is 0 Å². The molecule has 1 saturated heterocycles. The number of sulfonamides is 1. The largest absolute Gasteiger partial charge is 0.440 e. The van der Waals surface area contributed by atoms with E-state index < -0.39 is 10.0 Å². The van der Waals surface area contributed by atoms with Gasteiger partial charge in [-0.3, -0.25) is 4.31 Å². The van der Waals surface area contributed by atoms with Crippen LogP contribution in [0.5, 0.6) is 5.75 Å². The molecule has 8 heteroatoms. The van der Waals surface area contributed by atoms with E-state index in [0.717, 1.165) is 34.4 Å². The summed E-state index contributed by atoms with van der Waals surface area (Å²) in [6.07, 6.45) is 7.68. The van der Waals surface area contributed by atoms with Gasteiger partial charge in [-0.25, -0.2) is 13.4 Å². The predicted octanol–water partition coefficient (Wildman–Crippen LogP) is 4.65. The molecule has 1 aromatic heterocycles. The average Bonchev–Trinajstić information content (AvgIpc) is 3.47. The summed E-state index contributed by atoms with van der Waals surface area (Å²) in [5, 5.41) is 1.12. The Morgan fingerprint density at radius 2 is 1.97 bits per heavy atom. The molecule has 2 fully saturated rings. The summed E-state index contributed by atoms with van der Waals surface area (Å²) in [4.78, 5) is 4.11. The van der Waals surface area contributed by atoms with E-state index in [1.165, 1.54) is 29.6 Å². The number of aliphatic imine (C=N–C) groups is 1. The van der Waals surface area contributed by atoms with Gasteiger partial charge in [0.05, 0.1) is 17.0 Å². The Labute approximate surface area is 199 Å². The fourth-order valence-electron chi connectivity index (χ4n) is 4.36. The Balaban J connectivity index is 1.47. The van der Waals surface area contributed by atoms with Crippen LogP contribution in [0.3, 0.4) is 0 Å². The maximum absolute atomic E-state index is 12.3. The predicted molar refractivity (Wildman–Crippen MR) is 137 cm³/mol. The van der Waals surface area contributed by atoms with Crippen molar-refractivity contribution in [2.45, 2.75) is 25.8 Å². The van der Waals surface area contributed by atoms with Gasteiger partial charge in [0.25, 0.3) is 0 Å². The molecule has 2 N–H and O–H groups in total. The summed E-state index contributed by atoms with van der Waals surface area (Å²) < 4.78 is 34.2. The van der Waals surface area contributed by atoms with E-state index in [2.05, 4.69) is 22.2 Å². The van der Waals surface area contributed by atoms with Crippen LogP contribution in [-0.2, 0) is 16.6 Å². The van der Waals surface area contributed by atoms with E-state index in [1.54, 1.807) is 6.08 Å². The van der Waals surface area contributed by atoms with Crippen molar-refractivity contribution in [2.24, 2.45) is 16.6 Å². The van der Waals surface area contributed by atoms with Crippen LogP contribution in [0.4, 0.5) is 5.69 Å². The number of rotatable bonds is 8. The minimum Gasteiger partial charge on any atom is -0.440 e. The number of allylic oxidation sites excluding steroid dienone is 1. The molecule has 34 heavy (non-hydrogen) atoms. The van der Waals surface area contributed by atoms with E-state index in [1.807, 2.05) is 42.5 Å².